The highest BCUT2D eigenvalue weighted by molar-refractivity contribution is 7.89. The highest BCUT2D eigenvalue weighted by atomic mass is 32.2. The number of nitrogens with zero attached hydrogens (tertiary/aromatic N) is 1. The summed E-state index contributed by atoms with van der Waals surface area (Å²) in [6.07, 6.45) is 1.01. The molecule has 0 atom stereocenters. The summed E-state index contributed by atoms with van der Waals surface area (Å²) >= 11 is 0. The van der Waals surface area contributed by atoms with Crippen LogP contribution in [0.1, 0.15) is 36.5 Å². The number of hydrogen-bond acceptors (Lipinski definition) is 4. The van der Waals surface area contributed by atoms with Gasteiger partial charge in [-0.2, -0.15) is 4.31 Å². The number of hydrogen-bond donors (Lipinski definition) is 1. The molecule has 1 aliphatic rings. The second-order valence-corrected chi connectivity index (χ2v) is 9.73. The molecule has 3 rings (SSSR count). The van der Waals surface area contributed by atoms with Gasteiger partial charge in [0.1, 0.15) is 5.75 Å². The first-order valence-electron chi connectivity index (χ1n) is 10.3. The van der Waals surface area contributed by atoms with Crippen molar-refractivity contribution in [2.45, 2.75) is 45.4 Å². The van der Waals surface area contributed by atoms with E-state index >= 15 is 0 Å². The molecular weight excluding hydrogens is 400 g/mol. The van der Waals surface area contributed by atoms with Gasteiger partial charge in [-0.15, -0.1) is 0 Å². The predicted molar refractivity (Wildman–Crippen MR) is 118 cm³/mol. The van der Waals surface area contributed by atoms with E-state index in [9.17, 15) is 13.2 Å². The summed E-state index contributed by atoms with van der Waals surface area (Å²) in [5, 5.41) is 3.04. The lowest BCUT2D eigenvalue weighted by Crippen LogP contribution is -2.41. The summed E-state index contributed by atoms with van der Waals surface area (Å²) in [5.74, 6) is 0.456. The zero-order valence-corrected chi connectivity index (χ0v) is 18.9. The van der Waals surface area contributed by atoms with Crippen LogP contribution in [-0.2, 0) is 14.8 Å². The van der Waals surface area contributed by atoms with Crippen molar-refractivity contribution in [2.75, 3.05) is 25.0 Å². The largest absolute Gasteiger partial charge is 0.494 e. The Labute approximate surface area is 179 Å². The molecule has 1 aliphatic heterocycles. The molecule has 1 fully saturated rings. The first-order chi connectivity index (χ1) is 14.2. The minimum atomic E-state index is -3.59. The van der Waals surface area contributed by atoms with Gasteiger partial charge in [-0.05, 0) is 75.4 Å². The Morgan fingerprint density at radius 3 is 2.27 bits per heavy atom. The lowest BCUT2D eigenvalue weighted by atomic mass is 9.96. The van der Waals surface area contributed by atoms with Gasteiger partial charge in [-0.3, -0.25) is 4.79 Å². The molecule has 2 aromatic carbocycles. The van der Waals surface area contributed by atoms with E-state index in [1.54, 1.807) is 18.2 Å². The number of anilines is 1. The minimum Gasteiger partial charge on any atom is -0.494 e. The van der Waals surface area contributed by atoms with Crippen LogP contribution < -0.4 is 10.1 Å². The summed E-state index contributed by atoms with van der Waals surface area (Å²) in [7, 11) is -3.59. The van der Waals surface area contributed by atoms with Crippen LogP contribution in [0.3, 0.4) is 0 Å². The molecule has 0 unspecified atom stereocenters. The topological polar surface area (TPSA) is 75.7 Å². The lowest BCUT2D eigenvalue weighted by molar-refractivity contribution is -0.120. The number of carbonyl (C=O) groups is 1. The number of nitrogens with one attached hydrogen (secondary N) is 1. The number of sulfonamides is 1. The Kier molecular flexibility index (Phi) is 6.83. The van der Waals surface area contributed by atoms with Gasteiger partial charge < -0.3 is 10.1 Å². The summed E-state index contributed by atoms with van der Waals surface area (Å²) in [5.41, 5.74) is 3.69. The zero-order chi connectivity index (χ0) is 21.9. The third-order valence-electron chi connectivity index (χ3n) is 5.64. The molecule has 0 radical (unpaired) electrons. The van der Waals surface area contributed by atoms with Crippen LogP contribution in [0.15, 0.2) is 41.3 Å². The highest BCUT2D eigenvalue weighted by Gasteiger charge is 2.32. The summed E-state index contributed by atoms with van der Waals surface area (Å²) in [6, 6.07) is 10.9. The van der Waals surface area contributed by atoms with Gasteiger partial charge in [-0.1, -0.05) is 18.2 Å². The molecule has 1 saturated heterocycles. The van der Waals surface area contributed by atoms with Crippen LogP contribution in [0, 0.1) is 26.7 Å². The molecule has 1 N–H and O–H groups in total. The van der Waals surface area contributed by atoms with Crippen LogP contribution in [0.5, 0.6) is 5.75 Å². The number of ether oxygens (including phenoxy) is 1. The average molecular weight is 431 g/mol. The van der Waals surface area contributed by atoms with Crippen molar-refractivity contribution in [1.29, 1.82) is 0 Å². The van der Waals surface area contributed by atoms with E-state index in [0.717, 1.165) is 22.4 Å². The van der Waals surface area contributed by atoms with Crippen LogP contribution in [0.2, 0.25) is 0 Å². The van der Waals surface area contributed by atoms with E-state index in [4.69, 9.17) is 4.74 Å². The van der Waals surface area contributed by atoms with Gasteiger partial charge in [0.15, 0.2) is 0 Å². The summed E-state index contributed by atoms with van der Waals surface area (Å²) in [4.78, 5) is 13.0. The van der Waals surface area contributed by atoms with Crippen molar-refractivity contribution in [3.63, 3.8) is 0 Å². The SMILES string of the molecule is CCOc1ccc(S(=O)(=O)N2CCC(C(=O)Nc3c(C)cccc3C)CC2)cc1C. The smallest absolute Gasteiger partial charge is 0.243 e. The zero-order valence-electron chi connectivity index (χ0n) is 18.1. The lowest BCUT2D eigenvalue weighted by Gasteiger charge is -2.31. The number of benzene rings is 2. The van der Waals surface area contributed by atoms with E-state index in [2.05, 4.69) is 5.32 Å². The van der Waals surface area contributed by atoms with Crippen molar-refractivity contribution >= 4 is 21.6 Å². The summed E-state index contributed by atoms with van der Waals surface area (Å²) in [6.45, 7) is 8.87. The Morgan fingerprint density at radius 2 is 1.70 bits per heavy atom. The number of carbonyl (C=O) groups excluding carboxylic acids is 1. The third-order valence-corrected chi connectivity index (χ3v) is 7.53. The Morgan fingerprint density at radius 1 is 1.07 bits per heavy atom. The Hall–Kier alpha value is -2.38. The van der Waals surface area contributed by atoms with E-state index in [0.29, 0.717) is 38.3 Å². The Balaban J connectivity index is 1.66. The first kappa shape index (κ1) is 22.3. The molecule has 1 heterocycles. The third kappa shape index (κ3) is 4.68. The standard InChI is InChI=1S/C23H30N2O4S/c1-5-29-21-10-9-20(15-18(21)4)30(27,28)25-13-11-19(12-14-25)23(26)24-22-16(2)7-6-8-17(22)3/h6-10,15,19H,5,11-14H2,1-4H3,(H,24,26). The molecule has 0 aromatic heterocycles. The Bertz CT molecular complexity index is 1010. The fourth-order valence-electron chi connectivity index (χ4n) is 3.84. The normalized spacial score (nSPS) is 15.7. The van der Waals surface area contributed by atoms with Crippen molar-refractivity contribution in [3.8, 4) is 5.75 Å². The number of amides is 1. The van der Waals surface area contributed by atoms with E-state index in [-0.39, 0.29) is 16.7 Å². The number of rotatable bonds is 6. The van der Waals surface area contributed by atoms with Crippen molar-refractivity contribution < 1.29 is 17.9 Å². The van der Waals surface area contributed by atoms with Gasteiger partial charge in [0, 0.05) is 24.7 Å². The molecular formula is C23H30N2O4S. The van der Waals surface area contributed by atoms with Crippen LogP contribution >= 0.6 is 0 Å². The average Bonchev–Trinajstić information content (AvgIpc) is 2.72. The number of para-hydroxylation sites is 1. The molecule has 7 heteroatoms. The van der Waals surface area contributed by atoms with Gasteiger partial charge in [0.2, 0.25) is 15.9 Å². The molecule has 162 valence electrons. The molecule has 0 bridgehead atoms. The van der Waals surface area contributed by atoms with Gasteiger partial charge >= 0.3 is 0 Å². The molecule has 1 amide bonds. The summed E-state index contributed by atoms with van der Waals surface area (Å²) < 4.78 is 33.1. The van der Waals surface area contributed by atoms with Crippen LogP contribution in [0.25, 0.3) is 0 Å². The molecule has 6 nitrogen and oxygen atoms in total. The quantitative estimate of drug-likeness (QED) is 0.750. The number of piperidine rings is 1. The molecule has 0 saturated carbocycles. The predicted octanol–water partition coefficient (Wildman–Crippen LogP) is 4.05. The van der Waals surface area contributed by atoms with Crippen molar-refractivity contribution in [3.05, 3.63) is 53.1 Å². The number of aryl methyl sites for hydroxylation is 3. The van der Waals surface area contributed by atoms with Crippen molar-refractivity contribution in [2.24, 2.45) is 5.92 Å². The maximum absolute atomic E-state index is 13.1. The molecule has 2 aromatic rings. The molecule has 0 spiro atoms. The van der Waals surface area contributed by atoms with Crippen LogP contribution in [0.4, 0.5) is 5.69 Å². The molecule has 30 heavy (non-hydrogen) atoms. The van der Waals surface area contributed by atoms with E-state index in [1.807, 2.05) is 45.9 Å². The van der Waals surface area contributed by atoms with Gasteiger partial charge in [0.05, 0.1) is 11.5 Å². The monoisotopic (exact) mass is 430 g/mol. The van der Waals surface area contributed by atoms with E-state index < -0.39 is 10.0 Å². The van der Waals surface area contributed by atoms with Gasteiger partial charge in [0.25, 0.3) is 0 Å². The maximum Gasteiger partial charge on any atom is 0.243 e. The minimum absolute atomic E-state index is 0.0404. The second kappa shape index (κ2) is 9.18. The first-order valence-corrected chi connectivity index (χ1v) is 11.8. The second-order valence-electron chi connectivity index (χ2n) is 7.79. The fraction of sp³-hybridized carbons (Fsp3) is 0.435. The van der Waals surface area contributed by atoms with E-state index in [1.165, 1.54) is 4.31 Å². The van der Waals surface area contributed by atoms with Crippen molar-refractivity contribution in [1.82, 2.24) is 4.31 Å². The van der Waals surface area contributed by atoms with Crippen LogP contribution in [-0.4, -0.2) is 38.3 Å². The fourth-order valence-corrected chi connectivity index (χ4v) is 5.40. The molecule has 0 aliphatic carbocycles. The maximum atomic E-state index is 13.1. The van der Waals surface area contributed by atoms with Gasteiger partial charge in [-0.25, -0.2) is 8.42 Å². The highest BCUT2D eigenvalue weighted by Crippen LogP contribution is 2.28.